The van der Waals surface area contributed by atoms with Gasteiger partial charge in [0.15, 0.2) is 0 Å². The van der Waals surface area contributed by atoms with Gasteiger partial charge in [-0.05, 0) is 24.8 Å². The third-order valence-electron chi connectivity index (χ3n) is 3.73. The third kappa shape index (κ3) is 3.37. The van der Waals surface area contributed by atoms with E-state index in [4.69, 9.17) is 0 Å². The fourth-order valence-electron chi connectivity index (χ4n) is 2.35. The first kappa shape index (κ1) is 14.6. The Morgan fingerprint density at radius 2 is 2.05 bits per heavy atom. The molecule has 2 rings (SSSR count). The van der Waals surface area contributed by atoms with Crippen LogP contribution >= 0.6 is 0 Å². The molecule has 0 radical (unpaired) electrons. The van der Waals surface area contributed by atoms with Crippen LogP contribution in [0.2, 0.25) is 0 Å². The number of likely N-dealkylation sites (tertiary alicyclic amines) is 1. The molecular weight excluding hydrogens is 256 g/mol. The summed E-state index contributed by atoms with van der Waals surface area (Å²) in [5.74, 6) is 0.279. The summed E-state index contributed by atoms with van der Waals surface area (Å²) in [5, 5.41) is 9.91. The van der Waals surface area contributed by atoms with Gasteiger partial charge in [0, 0.05) is 31.7 Å². The molecule has 2 heterocycles. The number of rotatable bonds is 3. The van der Waals surface area contributed by atoms with Crippen LogP contribution in [-0.2, 0) is 4.79 Å². The second-order valence-corrected chi connectivity index (χ2v) is 5.62. The molecule has 0 unspecified atom stereocenters. The molecule has 110 valence electrons. The minimum Gasteiger partial charge on any atom is -0.348 e. The van der Waals surface area contributed by atoms with E-state index >= 15 is 0 Å². The first-order valence-electron chi connectivity index (χ1n) is 7.09. The van der Waals surface area contributed by atoms with E-state index < -0.39 is 0 Å². The SMILES string of the molecule is CC(=O)N1CCC(NC(=O)c2cc(C(C)C)[nH]n2)CC1. The van der Waals surface area contributed by atoms with Gasteiger partial charge < -0.3 is 10.2 Å². The average molecular weight is 278 g/mol. The zero-order valence-corrected chi connectivity index (χ0v) is 12.3. The summed E-state index contributed by atoms with van der Waals surface area (Å²) in [6.07, 6.45) is 1.60. The average Bonchev–Trinajstić information content (AvgIpc) is 2.89. The minimum atomic E-state index is -0.144. The molecule has 2 N–H and O–H groups in total. The standard InChI is InChI=1S/C14H22N4O2/c1-9(2)12-8-13(17-16-12)14(20)15-11-4-6-18(7-5-11)10(3)19/h8-9,11H,4-7H2,1-3H3,(H,15,20)(H,16,17). The van der Waals surface area contributed by atoms with Crippen LogP contribution in [0.5, 0.6) is 0 Å². The van der Waals surface area contributed by atoms with Crippen LogP contribution in [0.25, 0.3) is 0 Å². The number of nitrogens with zero attached hydrogens (tertiary/aromatic N) is 2. The molecule has 0 bridgehead atoms. The van der Waals surface area contributed by atoms with E-state index in [1.54, 1.807) is 13.0 Å². The van der Waals surface area contributed by atoms with Crippen molar-refractivity contribution in [3.05, 3.63) is 17.5 Å². The monoisotopic (exact) mass is 278 g/mol. The van der Waals surface area contributed by atoms with Gasteiger partial charge in [0.1, 0.15) is 5.69 Å². The van der Waals surface area contributed by atoms with Crippen LogP contribution in [0.3, 0.4) is 0 Å². The van der Waals surface area contributed by atoms with Crippen LogP contribution in [0.1, 0.15) is 55.7 Å². The normalized spacial score (nSPS) is 16.5. The van der Waals surface area contributed by atoms with E-state index in [0.717, 1.165) is 18.5 Å². The zero-order valence-electron chi connectivity index (χ0n) is 12.3. The van der Waals surface area contributed by atoms with E-state index in [2.05, 4.69) is 15.5 Å². The Morgan fingerprint density at radius 1 is 1.40 bits per heavy atom. The summed E-state index contributed by atoms with van der Waals surface area (Å²) >= 11 is 0. The highest BCUT2D eigenvalue weighted by atomic mass is 16.2. The van der Waals surface area contributed by atoms with E-state index in [1.807, 2.05) is 18.7 Å². The number of hydrogen-bond acceptors (Lipinski definition) is 3. The number of aromatic amines is 1. The van der Waals surface area contributed by atoms with E-state index in [0.29, 0.717) is 24.7 Å². The lowest BCUT2D eigenvalue weighted by Gasteiger charge is -2.31. The Hall–Kier alpha value is -1.85. The Morgan fingerprint density at radius 3 is 2.55 bits per heavy atom. The molecule has 0 aliphatic carbocycles. The van der Waals surface area contributed by atoms with Crippen molar-refractivity contribution in [1.82, 2.24) is 20.4 Å². The molecule has 1 aliphatic rings. The van der Waals surface area contributed by atoms with Gasteiger partial charge in [0.05, 0.1) is 0 Å². The Labute approximate surface area is 118 Å². The topological polar surface area (TPSA) is 78.1 Å². The van der Waals surface area contributed by atoms with Crippen LogP contribution in [0.15, 0.2) is 6.07 Å². The Kier molecular flexibility index (Phi) is 4.42. The number of hydrogen-bond donors (Lipinski definition) is 2. The molecule has 1 aliphatic heterocycles. The number of nitrogens with one attached hydrogen (secondary N) is 2. The van der Waals surface area contributed by atoms with Gasteiger partial charge in [0.2, 0.25) is 5.91 Å². The van der Waals surface area contributed by atoms with Gasteiger partial charge in [-0.2, -0.15) is 5.10 Å². The lowest BCUT2D eigenvalue weighted by Crippen LogP contribution is -2.46. The number of H-pyrrole nitrogens is 1. The molecule has 0 saturated carbocycles. The third-order valence-corrected chi connectivity index (χ3v) is 3.73. The van der Waals surface area contributed by atoms with Gasteiger partial charge >= 0.3 is 0 Å². The summed E-state index contributed by atoms with van der Waals surface area (Å²) in [6, 6.07) is 1.92. The zero-order chi connectivity index (χ0) is 14.7. The fourth-order valence-corrected chi connectivity index (χ4v) is 2.35. The van der Waals surface area contributed by atoms with Gasteiger partial charge in [-0.1, -0.05) is 13.8 Å². The number of aromatic nitrogens is 2. The van der Waals surface area contributed by atoms with Crippen molar-refractivity contribution in [2.45, 2.75) is 45.6 Å². The Balaban J connectivity index is 1.87. The lowest BCUT2D eigenvalue weighted by atomic mass is 10.0. The van der Waals surface area contributed by atoms with Crippen molar-refractivity contribution in [1.29, 1.82) is 0 Å². The molecule has 6 nitrogen and oxygen atoms in total. The first-order chi connectivity index (χ1) is 9.47. The van der Waals surface area contributed by atoms with E-state index in [-0.39, 0.29) is 17.9 Å². The predicted molar refractivity (Wildman–Crippen MR) is 75.4 cm³/mol. The van der Waals surface area contributed by atoms with Crippen LogP contribution in [-0.4, -0.2) is 46.0 Å². The van der Waals surface area contributed by atoms with Crippen molar-refractivity contribution in [2.24, 2.45) is 0 Å². The van der Waals surface area contributed by atoms with Crippen LogP contribution in [0, 0.1) is 0 Å². The van der Waals surface area contributed by atoms with Crippen LogP contribution < -0.4 is 5.32 Å². The molecule has 1 saturated heterocycles. The van der Waals surface area contributed by atoms with Crippen molar-refractivity contribution in [3.8, 4) is 0 Å². The van der Waals surface area contributed by atoms with Crippen molar-refractivity contribution < 1.29 is 9.59 Å². The van der Waals surface area contributed by atoms with Crippen molar-refractivity contribution in [3.63, 3.8) is 0 Å². The fraction of sp³-hybridized carbons (Fsp3) is 0.643. The number of piperidine rings is 1. The molecule has 2 amide bonds. The maximum absolute atomic E-state index is 12.1. The molecule has 0 aromatic carbocycles. The highest BCUT2D eigenvalue weighted by Gasteiger charge is 2.23. The largest absolute Gasteiger partial charge is 0.348 e. The molecule has 6 heteroatoms. The summed E-state index contributed by atoms with van der Waals surface area (Å²) in [5.41, 5.74) is 1.39. The first-order valence-corrected chi connectivity index (χ1v) is 7.09. The quantitative estimate of drug-likeness (QED) is 0.874. The van der Waals surface area contributed by atoms with Crippen LogP contribution in [0.4, 0.5) is 0 Å². The van der Waals surface area contributed by atoms with E-state index in [9.17, 15) is 9.59 Å². The Bertz CT molecular complexity index is 487. The molecule has 1 fully saturated rings. The number of carbonyl (C=O) groups excluding carboxylic acids is 2. The summed E-state index contributed by atoms with van der Waals surface area (Å²) in [6.45, 7) is 7.09. The molecular formula is C14H22N4O2. The predicted octanol–water partition coefficient (Wildman–Crippen LogP) is 1.27. The molecule has 0 atom stereocenters. The summed E-state index contributed by atoms with van der Waals surface area (Å²) < 4.78 is 0. The minimum absolute atomic E-state index is 0.101. The molecule has 1 aromatic heterocycles. The molecule has 1 aromatic rings. The van der Waals surface area contributed by atoms with Crippen molar-refractivity contribution in [2.75, 3.05) is 13.1 Å². The highest BCUT2D eigenvalue weighted by molar-refractivity contribution is 5.92. The smallest absolute Gasteiger partial charge is 0.271 e. The summed E-state index contributed by atoms with van der Waals surface area (Å²) in [4.78, 5) is 25.1. The maximum atomic E-state index is 12.1. The van der Waals surface area contributed by atoms with Gasteiger partial charge in [-0.3, -0.25) is 14.7 Å². The molecule has 20 heavy (non-hydrogen) atoms. The van der Waals surface area contributed by atoms with Gasteiger partial charge in [0.25, 0.3) is 5.91 Å². The van der Waals surface area contributed by atoms with Crippen molar-refractivity contribution >= 4 is 11.8 Å². The second-order valence-electron chi connectivity index (χ2n) is 5.62. The van der Waals surface area contributed by atoms with E-state index in [1.165, 1.54) is 0 Å². The van der Waals surface area contributed by atoms with Gasteiger partial charge in [-0.15, -0.1) is 0 Å². The number of carbonyl (C=O) groups is 2. The van der Waals surface area contributed by atoms with Gasteiger partial charge in [-0.25, -0.2) is 0 Å². The number of amides is 2. The summed E-state index contributed by atoms with van der Waals surface area (Å²) in [7, 11) is 0. The molecule has 0 spiro atoms. The maximum Gasteiger partial charge on any atom is 0.271 e. The highest BCUT2D eigenvalue weighted by Crippen LogP contribution is 2.14. The lowest BCUT2D eigenvalue weighted by molar-refractivity contribution is -0.129. The second kappa shape index (κ2) is 6.07.